The summed E-state index contributed by atoms with van der Waals surface area (Å²) >= 11 is 0. The Morgan fingerprint density at radius 2 is 1.74 bits per heavy atom. The third-order valence-corrected chi connectivity index (χ3v) is 7.95. The first kappa shape index (κ1) is 18.3. The van der Waals surface area contributed by atoms with E-state index >= 15 is 0 Å². The Balaban J connectivity index is 3.91. The molecular formula is C13H25FO4Si. The van der Waals surface area contributed by atoms with Crippen molar-refractivity contribution in [2.24, 2.45) is 0 Å². The third kappa shape index (κ3) is 6.84. The number of ether oxygens (including phenoxy) is 2. The fourth-order valence-corrected chi connectivity index (χ4v) is 4.41. The van der Waals surface area contributed by atoms with Crippen LogP contribution in [-0.4, -0.2) is 33.8 Å². The van der Waals surface area contributed by atoms with Crippen molar-refractivity contribution < 1.29 is 23.1 Å². The van der Waals surface area contributed by atoms with E-state index in [1.807, 2.05) is 0 Å². The monoisotopic (exact) mass is 292 g/mol. The van der Waals surface area contributed by atoms with Crippen molar-refractivity contribution in [2.75, 3.05) is 13.2 Å². The van der Waals surface area contributed by atoms with Gasteiger partial charge in [-0.3, -0.25) is 0 Å². The molecule has 0 amide bonds. The van der Waals surface area contributed by atoms with Crippen molar-refractivity contribution in [2.45, 2.75) is 52.1 Å². The molecule has 0 radical (unpaired) electrons. The number of hydrogen-bond acceptors (Lipinski definition) is 4. The quantitative estimate of drug-likeness (QED) is 0.203. The first-order valence-corrected chi connectivity index (χ1v) is 9.24. The van der Waals surface area contributed by atoms with E-state index in [1.165, 1.54) is 6.92 Å². The maximum Gasteiger partial charge on any atom is 0.368 e. The maximum atomic E-state index is 12.4. The van der Waals surface area contributed by atoms with Crippen molar-refractivity contribution in [1.82, 2.24) is 0 Å². The number of carbonyl (C=O) groups is 1. The van der Waals surface area contributed by atoms with E-state index in [2.05, 4.69) is 32.1 Å². The van der Waals surface area contributed by atoms with Crippen molar-refractivity contribution >= 4 is 14.3 Å². The van der Waals surface area contributed by atoms with Crippen LogP contribution in [0.4, 0.5) is 4.39 Å². The fraction of sp³-hybridized carbons (Fsp3) is 0.769. The van der Waals surface area contributed by atoms with Gasteiger partial charge in [0, 0.05) is 0 Å². The van der Waals surface area contributed by atoms with Crippen LogP contribution in [-0.2, 0) is 18.7 Å². The predicted octanol–water partition coefficient (Wildman–Crippen LogP) is 3.40. The Bertz CT molecular complexity index is 284. The van der Waals surface area contributed by atoms with Gasteiger partial charge in [-0.15, -0.1) is 0 Å². The SMILES string of the molecule is C=C(F)C(=O)OC(C)OCCO[Si](CC)(CC)CC. The van der Waals surface area contributed by atoms with Gasteiger partial charge >= 0.3 is 5.97 Å². The predicted molar refractivity (Wildman–Crippen MR) is 74.9 cm³/mol. The Hall–Kier alpha value is -0.723. The molecule has 0 fully saturated rings. The first-order valence-electron chi connectivity index (χ1n) is 6.71. The summed E-state index contributed by atoms with van der Waals surface area (Å²) in [6.45, 7) is 11.6. The molecule has 0 aliphatic heterocycles. The summed E-state index contributed by atoms with van der Waals surface area (Å²) in [6, 6.07) is 3.23. The molecule has 0 N–H and O–H groups in total. The van der Waals surface area contributed by atoms with Crippen LogP contribution >= 0.6 is 0 Å². The van der Waals surface area contributed by atoms with Gasteiger partial charge < -0.3 is 13.9 Å². The smallest absolute Gasteiger partial charge is 0.368 e. The minimum atomic E-state index is -1.60. The Morgan fingerprint density at radius 3 is 2.16 bits per heavy atom. The second kappa shape index (κ2) is 9.22. The molecule has 0 aliphatic rings. The van der Waals surface area contributed by atoms with Gasteiger partial charge in [0.1, 0.15) is 0 Å². The number of hydrogen-bond donors (Lipinski definition) is 0. The highest BCUT2D eigenvalue weighted by molar-refractivity contribution is 6.73. The molecule has 112 valence electrons. The molecule has 1 unspecified atom stereocenters. The van der Waals surface area contributed by atoms with Crippen LogP contribution < -0.4 is 0 Å². The lowest BCUT2D eigenvalue weighted by Crippen LogP contribution is -2.37. The van der Waals surface area contributed by atoms with Crippen LogP contribution in [0.15, 0.2) is 12.4 Å². The van der Waals surface area contributed by atoms with E-state index in [-0.39, 0.29) is 0 Å². The number of carbonyl (C=O) groups excluding carboxylic acids is 1. The van der Waals surface area contributed by atoms with Gasteiger partial charge in [-0.2, -0.15) is 4.39 Å². The highest BCUT2D eigenvalue weighted by Crippen LogP contribution is 2.21. The van der Waals surface area contributed by atoms with E-state index in [0.29, 0.717) is 13.2 Å². The van der Waals surface area contributed by atoms with Crippen molar-refractivity contribution in [1.29, 1.82) is 0 Å². The zero-order valence-electron chi connectivity index (χ0n) is 12.3. The fourth-order valence-electron chi connectivity index (χ4n) is 1.78. The molecule has 0 saturated carbocycles. The van der Waals surface area contributed by atoms with Gasteiger partial charge in [0.05, 0.1) is 13.2 Å². The van der Waals surface area contributed by atoms with Crippen LogP contribution in [0.5, 0.6) is 0 Å². The Kier molecular flexibility index (Phi) is 8.87. The zero-order valence-corrected chi connectivity index (χ0v) is 13.3. The lowest BCUT2D eigenvalue weighted by atomic mass is 10.6. The maximum absolute atomic E-state index is 12.4. The van der Waals surface area contributed by atoms with E-state index < -0.39 is 26.4 Å². The van der Waals surface area contributed by atoms with Crippen LogP contribution in [0.2, 0.25) is 18.1 Å². The van der Waals surface area contributed by atoms with Crippen molar-refractivity contribution in [3.05, 3.63) is 12.4 Å². The van der Waals surface area contributed by atoms with Crippen LogP contribution in [0.3, 0.4) is 0 Å². The molecule has 0 aromatic heterocycles. The molecule has 0 heterocycles. The summed E-state index contributed by atoms with van der Waals surface area (Å²) in [5.74, 6) is -2.21. The standard InChI is InChI=1S/C13H25FO4Si/c1-6-19(7-2,8-3)17-10-9-16-12(5)18-13(15)11(4)14/h12H,4,6-10H2,1-3,5H3. The highest BCUT2D eigenvalue weighted by atomic mass is 28.4. The molecule has 0 bridgehead atoms. The summed E-state index contributed by atoms with van der Waals surface area (Å²) < 4.78 is 28.2. The molecule has 0 aliphatic carbocycles. The largest absolute Gasteiger partial charge is 0.431 e. The summed E-state index contributed by atoms with van der Waals surface area (Å²) in [5.41, 5.74) is 0. The first-order chi connectivity index (χ1) is 8.90. The molecule has 1 atom stereocenters. The van der Waals surface area contributed by atoms with Crippen LogP contribution in [0, 0.1) is 0 Å². The molecule has 0 aromatic carbocycles. The summed E-state index contributed by atoms with van der Waals surface area (Å²) in [7, 11) is -1.60. The van der Waals surface area contributed by atoms with Crippen LogP contribution in [0.25, 0.3) is 0 Å². The van der Waals surface area contributed by atoms with Gasteiger partial charge in [0.2, 0.25) is 12.1 Å². The molecule has 0 saturated heterocycles. The van der Waals surface area contributed by atoms with E-state index in [9.17, 15) is 9.18 Å². The summed E-state index contributed by atoms with van der Waals surface area (Å²) in [5, 5.41) is 0. The van der Waals surface area contributed by atoms with Gasteiger partial charge in [-0.25, -0.2) is 4.79 Å². The van der Waals surface area contributed by atoms with Crippen molar-refractivity contribution in [3.63, 3.8) is 0 Å². The molecule has 6 heteroatoms. The zero-order chi connectivity index (χ0) is 14.9. The number of rotatable bonds is 10. The summed E-state index contributed by atoms with van der Waals surface area (Å²) in [4.78, 5) is 10.9. The van der Waals surface area contributed by atoms with E-state index in [0.717, 1.165) is 18.1 Å². The molecule has 0 rings (SSSR count). The topological polar surface area (TPSA) is 44.8 Å². The Morgan fingerprint density at radius 1 is 1.21 bits per heavy atom. The van der Waals surface area contributed by atoms with Crippen molar-refractivity contribution in [3.8, 4) is 0 Å². The second-order valence-electron chi connectivity index (χ2n) is 4.34. The number of esters is 1. The Labute approximate surface area is 116 Å². The number of halogens is 1. The van der Waals surface area contributed by atoms with Gasteiger partial charge in [-0.05, 0) is 25.1 Å². The van der Waals surface area contributed by atoms with Crippen LogP contribution in [0.1, 0.15) is 27.7 Å². The average Bonchev–Trinajstić information content (AvgIpc) is 2.39. The molecule has 4 nitrogen and oxygen atoms in total. The van der Waals surface area contributed by atoms with Gasteiger partial charge in [0.15, 0.2) is 8.32 Å². The van der Waals surface area contributed by atoms with Gasteiger partial charge in [-0.1, -0.05) is 27.4 Å². The third-order valence-electron chi connectivity index (χ3n) is 3.27. The molecule has 0 spiro atoms. The molecule has 0 aromatic rings. The minimum absolute atomic E-state index is 0.321. The van der Waals surface area contributed by atoms with Gasteiger partial charge in [0.25, 0.3) is 0 Å². The normalized spacial score (nSPS) is 13.1. The highest BCUT2D eigenvalue weighted by Gasteiger charge is 2.28. The van der Waals surface area contributed by atoms with E-state index in [1.54, 1.807) is 0 Å². The van der Waals surface area contributed by atoms with E-state index in [4.69, 9.17) is 9.16 Å². The second-order valence-corrected chi connectivity index (χ2v) is 9.12. The lowest BCUT2D eigenvalue weighted by molar-refractivity contribution is -0.172. The molecule has 19 heavy (non-hydrogen) atoms. The lowest BCUT2D eigenvalue weighted by Gasteiger charge is -2.28. The summed E-state index contributed by atoms with van der Waals surface area (Å²) in [6.07, 6.45) is -0.801. The minimum Gasteiger partial charge on any atom is -0.431 e. The molecular weight excluding hydrogens is 267 g/mol. The average molecular weight is 292 g/mol.